The molecule has 0 unspecified atom stereocenters. The first-order chi connectivity index (χ1) is 19.5. The Hall–Kier alpha value is -3.06. The van der Waals surface area contributed by atoms with Crippen LogP contribution in [0.2, 0.25) is 0 Å². The van der Waals surface area contributed by atoms with Crippen molar-refractivity contribution in [3.8, 4) is 5.75 Å². The van der Waals surface area contributed by atoms with Crippen LogP contribution >= 0.6 is 35.7 Å². The van der Waals surface area contributed by atoms with E-state index in [1.807, 2.05) is 36.4 Å². The van der Waals surface area contributed by atoms with Gasteiger partial charge in [-0.15, -0.1) is 0 Å². The Morgan fingerprint density at radius 2 is 1.59 bits per heavy atom. The molecule has 210 valence electrons. The summed E-state index contributed by atoms with van der Waals surface area (Å²) in [5, 5.41) is 0. The van der Waals surface area contributed by atoms with Crippen LogP contribution in [0.4, 0.5) is 5.69 Å². The van der Waals surface area contributed by atoms with E-state index < -0.39 is 31.3 Å². The Kier molecular flexibility index (Phi) is 5.71. The van der Waals surface area contributed by atoms with Crippen LogP contribution in [0.3, 0.4) is 0 Å². The van der Waals surface area contributed by atoms with E-state index in [2.05, 4.69) is 0 Å². The molecule has 4 saturated heterocycles. The van der Waals surface area contributed by atoms with Gasteiger partial charge >= 0.3 is 0 Å². The van der Waals surface area contributed by atoms with E-state index in [1.165, 1.54) is 37.6 Å². The molecule has 5 aliphatic rings. The van der Waals surface area contributed by atoms with Gasteiger partial charge in [-0.3, -0.25) is 14.5 Å². The molecule has 5 aliphatic heterocycles. The van der Waals surface area contributed by atoms with E-state index in [4.69, 9.17) is 17.0 Å². The van der Waals surface area contributed by atoms with Crippen molar-refractivity contribution < 1.29 is 22.7 Å². The largest absolute Gasteiger partial charge is 0.497 e. The third-order valence-corrected chi connectivity index (χ3v) is 13.6. The molecule has 12 heteroatoms. The number of piperazine rings is 1. The van der Waals surface area contributed by atoms with Gasteiger partial charge in [0.25, 0.3) is 21.8 Å². The van der Waals surface area contributed by atoms with Crippen molar-refractivity contribution in [2.24, 2.45) is 0 Å². The summed E-state index contributed by atoms with van der Waals surface area (Å²) >= 11 is 8.08. The number of amides is 2. The SMILES string of the molecule is COc1ccc([C@]23C[C@@]45SC(=S)S[C@@](C)(C(=O)N4[C@H]2N(S(=O)(=O)c2ccccc2)c2ccccc23)N(C)C5=O)cc1. The molecule has 0 N–H and O–H groups in total. The van der Waals surface area contributed by atoms with Gasteiger partial charge in [0.15, 0.2) is 9.74 Å². The Morgan fingerprint density at radius 3 is 2.27 bits per heavy atom. The lowest BCUT2D eigenvalue weighted by molar-refractivity contribution is -0.162. The van der Waals surface area contributed by atoms with Crippen LogP contribution in [0, 0.1) is 0 Å². The van der Waals surface area contributed by atoms with Crippen molar-refractivity contribution in [3.63, 3.8) is 0 Å². The minimum Gasteiger partial charge on any atom is -0.497 e. The molecule has 2 amide bonds. The number of carbonyl (C=O) groups is 2. The summed E-state index contributed by atoms with van der Waals surface area (Å²) < 4.78 is 36.5. The van der Waals surface area contributed by atoms with Crippen LogP contribution < -0.4 is 9.04 Å². The van der Waals surface area contributed by atoms with Crippen molar-refractivity contribution in [1.29, 1.82) is 0 Å². The van der Waals surface area contributed by atoms with Gasteiger partial charge in [0.05, 0.1) is 23.1 Å². The van der Waals surface area contributed by atoms with Gasteiger partial charge in [0, 0.05) is 13.5 Å². The lowest BCUT2D eigenvalue weighted by Gasteiger charge is -2.50. The summed E-state index contributed by atoms with van der Waals surface area (Å²) in [6, 6.07) is 23.0. The first-order valence-corrected chi connectivity index (χ1v) is 16.4. The molecule has 4 fully saturated rings. The van der Waals surface area contributed by atoms with Crippen molar-refractivity contribution in [3.05, 3.63) is 90.0 Å². The maximum Gasteiger partial charge on any atom is 0.266 e. The number of nitrogens with zero attached hydrogens (tertiary/aromatic N) is 3. The lowest BCUT2D eigenvalue weighted by Crippen LogP contribution is -2.72. The smallest absolute Gasteiger partial charge is 0.266 e. The van der Waals surface area contributed by atoms with Gasteiger partial charge in [-0.1, -0.05) is 84.3 Å². The summed E-state index contributed by atoms with van der Waals surface area (Å²) in [5.74, 6) is 0.0203. The molecule has 3 aromatic carbocycles. The minimum absolute atomic E-state index is 0.0981. The standard InChI is InChI=1S/C29H25N3O5S4/c1-27-24(33)31-23-28(18-13-15-19(37-3)16-14-18,17-29(31,25(34)30(27)2)40-26(38)39-27)21-11-7-8-12-22(21)32(23)41(35,36)20-9-5-4-6-10-20/h4-16,23H,17H2,1-3H3/t23-,27-,28-,29-/m0/s1. The molecule has 5 heterocycles. The molecular weight excluding hydrogens is 599 g/mol. The van der Waals surface area contributed by atoms with Crippen molar-refractivity contribution >= 4 is 66.8 Å². The fourth-order valence-corrected chi connectivity index (χ4v) is 12.2. The zero-order valence-electron chi connectivity index (χ0n) is 22.3. The van der Waals surface area contributed by atoms with Gasteiger partial charge in [0.2, 0.25) is 0 Å². The molecular formula is C29H25N3O5S4. The van der Waals surface area contributed by atoms with E-state index in [0.29, 0.717) is 15.0 Å². The average molecular weight is 624 g/mol. The van der Waals surface area contributed by atoms with Gasteiger partial charge in [0.1, 0.15) is 15.4 Å². The molecule has 2 bridgehead atoms. The second kappa shape index (κ2) is 8.73. The molecule has 4 atom stereocenters. The summed E-state index contributed by atoms with van der Waals surface area (Å²) in [5.41, 5.74) is 0.909. The highest BCUT2D eigenvalue weighted by molar-refractivity contribution is 8.48. The maximum absolute atomic E-state index is 14.7. The minimum atomic E-state index is -4.19. The monoisotopic (exact) mass is 623 g/mol. The van der Waals surface area contributed by atoms with Crippen molar-refractivity contribution in [1.82, 2.24) is 9.80 Å². The molecule has 0 aliphatic carbocycles. The molecule has 1 spiro atoms. The molecule has 0 saturated carbocycles. The third kappa shape index (κ3) is 3.24. The van der Waals surface area contributed by atoms with Crippen LogP contribution in [-0.4, -0.2) is 63.6 Å². The zero-order chi connectivity index (χ0) is 28.9. The van der Waals surface area contributed by atoms with E-state index in [0.717, 1.165) is 11.1 Å². The molecule has 3 aromatic rings. The van der Waals surface area contributed by atoms with Crippen LogP contribution in [-0.2, 0) is 25.0 Å². The number of carbonyl (C=O) groups excluding carboxylic acids is 2. The molecule has 0 radical (unpaired) electrons. The molecule has 0 aromatic heterocycles. The van der Waals surface area contributed by atoms with E-state index >= 15 is 0 Å². The number of likely N-dealkylation sites (N-methyl/N-ethyl adjacent to an activating group) is 1. The number of thioether (sulfide) groups is 2. The number of benzene rings is 3. The number of hydrogen-bond donors (Lipinski definition) is 0. The summed E-state index contributed by atoms with van der Waals surface area (Å²) in [7, 11) is -0.990. The second-order valence-corrected chi connectivity index (χ2v) is 16.3. The highest BCUT2D eigenvalue weighted by Gasteiger charge is 2.78. The van der Waals surface area contributed by atoms with Crippen LogP contribution in [0.1, 0.15) is 24.5 Å². The van der Waals surface area contributed by atoms with Gasteiger partial charge in [-0.25, -0.2) is 12.7 Å². The normalized spacial score (nSPS) is 30.3. The van der Waals surface area contributed by atoms with Gasteiger partial charge in [-0.05, 0) is 48.4 Å². The zero-order valence-corrected chi connectivity index (χ0v) is 25.6. The van der Waals surface area contributed by atoms with Gasteiger partial charge < -0.3 is 9.64 Å². The van der Waals surface area contributed by atoms with Crippen molar-refractivity contribution in [2.45, 2.75) is 39.6 Å². The number of rotatable bonds is 4. The Bertz CT molecular complexity index is 1750. The summed E-state index contributed by atoms with van der Waals surface area (Å²) in [6.45, 7) is 1.69. The topological polar surface area (TPSA) is 87.2 Å². The molecule has 8 rings (SSSR count). The number of hydrogen-bond acceptors (Lipinski definition) is 8. The molecule has 41 heavy (non-hydrogen) atoms. The Balaban J connectivity index is 1.58. The van der Waals surface area contributed by atoms with Crippen molar-refractivity contribution in [2.75, 3.05) is 18.5 Å². The second-order valence-electron chi connectivity index (χ2n) is 10.6. The highest BCUT2D eigenvalue weighted by Crippen LogP contribution is 2.68. The number of ether oxygens (including phenoxy) is 1. The summed E-state index contributed by atoms with van der Waals surface area (Å²) in [4.78, 5) is 29.4. The van der Waals surface area contributed by atoms with Gasteiger partial charge in [-0.2, -0.15) is 0 Å². The number of sulfonamides is 1. The maximum atomic E-state index is 14.7. The van der Waals surface area contributed by atoms with E-state index in [1.54, 1.807) is 63.5 Å². The van der Waals surface area contributed by atoms with E-state index in [9.17, 15) is 18.0 Å². The highest BCUT2D eigenvalue weighted by atomic mass is 32.2. The Morgan fingerprint density at radius 1 is 0.927 bits per heavy atom. The van der Waals surface area contributed by atoms with E-state index in [-0.39, 0.29) is 23.1 Å². The lowest BCUT2D eigenvalue weighted by atomic mass is 9.72. The van der Waals surface area contributed by atoms with Crippen LogP contribution in [0.25, 0.3) is 0 Å². The predicted molar refractivity (Wildman–Crippen MR) is 163 cm³/mol. The number of thiocarbonyl (C=S) groups is 1. The van der Waals surface area contributed by atoms with Crippen LogP contribution in [0.15, 0.2) is 83.8 Å². The average Bonchev–Trinajstić information content (AvgIpc) is 3.38. The fraction of sp³-hybridized carbons (Fsp3) is 0.276. The molecule has 8 nitrogen and oxygen atoms in total. The quantitative estimate of drug-likeness (QED) is 0.396. The number of methoxy groups -OCH3 is 1. The first-order valence-electron chi connectivity index (χ1n) is 12.9. The Labute approximate surface area is 252 Å². The number of para-hydroxylation sites is 1. The number of anilines is 1. The fourth-order valence-electron chi connectivity index (χ4n) is 6.79. The predicted octanol–water partition coefficient (Wildman–Crippen LogP) is 4.40. The third-order valence-electron chi connectivity index (χ3n) is 8.77. The van der Waals surface area contributed by atoms with Crippen LogP contribution in [0.5, 0.6) is 5.75 Å². The first kappa shape index (κ1) is 26.8. The summed E-state index contributed by atoms with van der Waals surface area (Å²) in [6.07, 6.45) is -0.914. The number of fused-ring (bicyclic) bond motifs is 6.